The fourth-order valence-electron chi connectivity index (χ4n) is 5.77. The zero-order valence-corrected chi connectivity index (χ0v) is 26.1. The maximum absolute atomic E-state index is 15.0. The molecule has 3 heterocycles. The molecule has 3 N–H and O–H groups in total. The molecular weight excluding hydrogens is 614 g/mol. The van der Waals surface area contributed by atoms with Crippen LogP contribution in [0.4, 0.5) is 23.5 Å². The van der Waals surface area contributed by atoms with Gasteiger partial charge in [0.25, 0.3) is 0 Å². The van der Waals surface area contributed by atoms with Crippen LogP contribution in [0.3, 0.4) is 0 Å². The first-order valence-electron chi connectivity index (χ1n) is 15.2. The summed E-state index contributed by atoms with van der Waals surface area (Å²) >= 11 is 0. The Labute approximate surface area is 269 Å². The highest BCUT2D eigenvalue weighted by atomic mass is 19.4. The van der Waals surface area contributed by atoms with Crippen LogP contribution in [0.15, 0.2) is 73.1 Å². The minimum atomic E-state index is -5.08. The molecule has 0 spiro atoms. The number of nitrogens with zero attached hydrogens (tertiary/aromatic N) is 5. The lowest BCUT2D eigenvalue weighted by Crippen LogP contribution is -2.28. The summed E-state index contributed by atoms with van der Waals surface area (Å²) in [6.45, 7) is 5.01. The number of aryl methyl sites for hydroxylation is 1. The molecule has 13 heteroatoms. The first-order valence-corrected chi connectivity index (χ1v) is 15.2. The Kier molecular flexibility index (Phi) is 10.1. The molecule has 0 aliphatic heterocycles. The van der Waals surface area contributed by atoms with Crippen LogP contribution in [-0.2, 0) is 18.4 Å². The van der Waals surface area contributed by atoms with Gasteiger partial charge in [0.1, 0.15) is 5.52 Å². The van der Waals surface area contributed by atoms with Crippen molar-refractivity contribution in [2.24, 2.45) is 7.05 Å². The number of nitrogens with one attached hydrogen (secondary N) is 2. The van der Waals surface area contributed by atoms with Crippen molar-refractivity contribution >= 4 is 22.8 Å². The fraction of sp³-hybridized carbons (Fsp3) is 0.324. The molecule has 2 aromatic carbocycles. The Morgan fingerprint density at radius 2 is 1.70 bits per heavy atom. The number of carboxylic acid groups (broad SMARTS) is 1. The van der Waals surface area contributed by atoms with E-state index in [9.17, 15) is 13.2 Å². The van der Waals surface area contributed by atoms with Gasteiger partial charge >= 0.3 is 12.1 Å². The third kappa shape index (κ3) is 8.28. The van der Waals surface area contributed by atoms with E-state index in [1.807, 2.05) is 43.6 Å². The lowest BCUT2D eigenvalue weighted by atomic mass is 10.0. The van der Waals surface area contributed by atoms with E-state index in [0.717, 1.165) is 53.7 Å². The monoisotopic (exact) mass is 649 g/mol. The predicted octanol–water partition coefficient (Wildman–Crippen LogP) is 7.11. The summed E-state index contributed by atoms with van der Waals surface area (Å²) in [5.41, 5.74) is 6.20. The largest absolute Gasteiger partial charge is 0.490 e. The Bertz CT molecular complexity index is 1830. The minimum Gasteiger partial charge on any atom is -0.475 e. The van der Waals surface area contributed by atoms with Gasteiger partial charge in [0, 0.05) is 60.3 Å². The standard InChI is InChI=1S/C32H34FN7.C2HF3O2/c1-20(2)31-26-16-23(17-27(33)30(26)39-40(31)3)29-13-15-35-32(38-29)37-25-12-11-24(18-25)36-19-21-7-9-22(10-8-21)28-6-4-5-14-34-28;3-2(4,5)1(6)7/h4-10,13-17,20,24-25,36H,11-12,18-19H2,1-3H3,(H,35,37,38);(H,6,7)/t24-,25-;/m0./s1. The maximum Gasteiger partial charge on any atom is 0.490 e. The fourth-order valence-corrected chi connectivity index (χ4v) is 5.77. The highest BCUT2D eigenvalue weighted by molar-refractivity contribution is 5.87. The topological polar surface area (TPSA) is 118 Å². The van der Waals surface area contributed by atoms with Crippen molar-refractivity contribution in [2.75, 3.05) is 5.32 Å². The van der Waals surface area contributed by atoms with E-state index in [1.54, 1.807) is 10.9 Å². The van der Waals surface area contributed by atoms with E-state index >= 15 is 4.39 Å². The van der Waals surface area contributed by atoms with Crippen LogP contribution in [0.1, 0.15) is 50.3 Å². The number of carboxylic acids is 1. The van der Waals surface area contributed by atoms with E-state index in [2.05, 4.69) is 63.8 Å². The number of halogens is 4. The quantitative estimate of drug-likeness (QED) is 0.152. The number of hydrogen-bond acceptors (Lipinski definition) is 7. The maximum atomic E-state index is 15.0. The Hall–Kier alpha value is -4.91. The molecule has 1 aliphatic rings. The number of aromatic nitrogens is 5. The number of alkyl halides is 3. The summed E-state index contributed by atoms with van der Waals surface area (Å²) in [4.78, 5) is 22.5. The van der Waals surface area contributed by atoms with Gasteiger partial charge in [-0.25, -0.2) is 19.2 Å². The number of hydrogen-bond donors (Lipinski definition) is 3. The Morgan fingerprint density at radius 3 is 2.36 bits per heavy atom. The summed E-state index contributed by atoms with van der Waals surface area (Å²) in [5, 5.41) is 19.6. The second kappa shape index (κ2) is 14.2. The third-order valence-electron chi connectivity index (χ3n) is 7.95. The van der Waals surface area contributed by atoms with Crippen molar-refractivity contribution in [1.29, 1.82) is 0 Å². The van der Waals surface area contributed by atoms with Crippen molar-refractivity contribution in [3.63, 3.8) is 0 Å². The molecule has 1 saturated carbocycles. The summed E-state index contributed by atoms with van der Waals surface area (Å²) in [5.74, 6) is -2.29. The number of rotatable bonds is 8. The smallest absolute Gasteiger partial charge is 0.475 e. The van der Waals surface area contributed by atoms with Crippen LogP contribution < -0.4 is 10.6 Å². The SMILES string of the molecule is CC(C)c1c2cc(-c3ccnc(N[C@H]4CC[C@H](NCc5ccc(-c6ccccn6)cc5)C4)n3)cc(F)c2nn1C.O=C(O)C(F)(F)F. The van der Waals surface area contributed by atoms with E-state index in [1.165, 1.54) is 11.6 Å². The van der Waals surface area contributed by atoms with Crippen molar-refractivity contribution in [3.8, 4) is 22.5 Å². The number of benzene rings is 2. The summed E-state index contributed by atoms with van der Waals surface area (Å²) < 4.78 is 48.5. The van der Waals surface area contributed by atoms with E-state index in [4.69, 9.17) is 14.9 Å². The van der Waals surface area contributed by atoms with Crippen LogP contribution >= 0.6 is 0 Å². The van der Waals surface area contributed by atoms with Crippen LogP contribution in [0, 0.1) is 5.82 Å². The van der Waals surface area contributed by atoms with Crippen molar-refractivity contribution in [1.82, 2.24) is 30.0 Å². The normalized spacial score (nSPS) is 16.3. The van der Waals surface area contributed by atoms with E-state index in [0.29, 0.717) is 23.2 Å². The van der Waals surface area contributed by atoms with Gasteiger partial charge in [0.2, 0.25) is 5.95 Å². The number of aliphatic carboxylic acids is 1. The van der Waals surface area contributed by atoms with Gasteiger partial charge in [-0.2, -0.15) is 18.3 Å². The zero-order valence-electron chi connectivity index (χ0n) is 26.1. The second-order valence-electron chi connectivity index (χ2n) is 11.7. The van der Waals surface area contributed by atoms with Gasteiger partial charge < -0.3 is 15.7 Å². The molecule has 2 atom stereocenters. The van der Waals surface area contributed by atoms with Crippen molar-refractivity contribution < 1.29 is 27.5 Å². The molecule has 1 fully saturated rings. The first kappa shape index (κ1) is 33.5. The highest BCUT2D eigenvalue weighted by Crippen LogP contribution is 2.31. The van der Waals surface area contributed by atoms with Gasteiger partial charge in [0.05, 0.1) is 11.4 Å². The van der Waals surface area contributed by atoms with Gasteiger partial charge in [0.15, 0.2) is 5.82 Å². The van der Waals surface area contributed by atoms with Crippen molar-refractivity contribution in [2.45, 2.75) is 63.8 Å². The predicted molar refractivity (Wildman–Crippen MR) is 171 cm³/mol. The average Bonchev–Trinajstić information content (AvgIpc) is 3.64. The molecule has 246 valence electrons. The third-order valence-corrected chi connectivity index (χ3v) is 7.95. The minimum absolute atomic E-state index is 0.224. The number of anilines is 1. The lowest BCUT2D eigenvalue weighted by molar-refractivity contribution is -0.192. The van der Waals surface area contributed by atoms with Crippen molar-refractivity contribution in [3.05, 3.63) is 90.1 Å². The van der Waals surface area contributed by atoms with Crippen LogP contribution in [0.25, 0.3) is 33.4 Å². The Balaban J connectivity index is 0.000000559. The van der Waals surface area contributed by atoms with E-state index in [-0.39, 0.29) is 17.8 Å². The summed E-state index contributed by atoms with van der Waals surface area (Å²) in [6, 6.07) is 20.6. The molecular formula is C34H35F4N7O2. The lowest BCUT2D eigenvalue weighted by Gasteiger charge is -2.15. The van der Waals surface area contributed by atoms with Gasteiger partial charge in [-0.05, 0) is 61.1 Å². The molecule has 0 amide bonds. The number of pyridine rings is 1. The van der Waals surface area contributed by atoms with Gasteiger partial charge in [-0.15, -0.1) is 0 Å². The molecule has 6 rings (SSSR count). The number of fused-ring (bicyclic) bond motifs is 1. The first-order chi connectivity index (χ1) is 22.4. The van der Waals surface area contributed by atoms with Crippen LogP contribution in [0.2, 0.25) is 0 Å². The van der Waals surface area contributed by atoms with E-state index < -0.39 is 12.1 Å². The zero-order chi connectivity index (χ0) is 33.7. The van der Waals surface area contributed by atoms with Gasteiger partial charge in [-0.3, -0.25) is 9.67 Å². The highest BCUT2D eigenvalue weighted by Gasteiger charge is 2.38. The second-order valence-corrected chi connectivity index (χ2v) is 11.7. The Morgan fingerprint density at radius 1 is 0.979 bits per heavy atom. The number of carbonyl (C=O) groups is 1. The van der Waals surface area contributed by atoms with Gasteiger partial charge in [-0.1, -0.05) is 44.2 Å². The molecule has 5 aromatic rings. The molecule has 0 unspecified atom stereocenters. The molecule has 9 nitrogen and oxygen atoms in total. The molecule has 47 heavy (non-hydrogen) atoms. The molecule has 1 aliphatic carbocycles. The molecule has 3 aromatic heterocycles. The summed E-state index contributed by atoms with van der Waals surface area (Å²) in [6.07, 6.45) is 1.59. The molecule has 0 radical (unpaired) electrons. The van der Waals surface area contributed by atoms with Crippen LogP contribution in [-0.4, -0.2) is 54.1 Å². The average molecular weight is 650 g/mol. The van der Waals surface area contributed by atoms with Crippen LogP contribution in [0.5, 0.6) is 0 Å². The summed E-state index contributed by atoms with van der Waals surface area (Å²) in [7, 11) is 1.87. The molecule has 0 saturated heterocycles. The molecule has 0 bridgehead atoms.